The van der Waals surface area contributed by atoms with Crippen molar-refractivity contribution >= 4 is 11.6 Å². The van der Waals surface area contributed by atoms with Crippen molar-refractivity contribution in [3.05, 3.63) is 39.8 Å². The summed E-state index contributed by atoms with van der Waals surface area (Å²) < 4.78 is 19.7. The summed E-state index contributed by atoms with van der Waals surface area (Å²) in [6.07, 6.45) is 6.28. The first-order valence-corrected chi connectivity index (χ1v) is 12.1. The van der Waals surface area contributed by atoms with Crippen LogP contribution in [0.2, 0.25) is 0 Å². The van der Waals surface area contributed by atoms with Gasteiger partial charge >= 0.3 is 0 Å². The van der Waals surface area contributed by atoms with Crippen LogP contribution in [0.1, 0.15) is 49.8 Å². The molecule has 2 heterocycles. The Morgan fingerprint density at radius 1 is 1.06 bits per heavy atom. The van der Waals surface area contributed by atoms with Gasteiger partial charge in [0, 0.05) is 42.4 Å². The summed E-state index contributed by atoms with van der Waals surface area (Å²) in [7, 11) is 6.56. The number of carbonyl (C=O) groups excluding carboxylic acids is 1. The fraction of sp³-hybridized carbons (Fsp3) is 0.500. The maximum absolute atomic E-state index is 13.4. The summed E-state index contributed by atoms with van der Waals surface area (Å²) in [6.45, 7) is 1.90. The van der Waals surface area contributed by atoms with E-state index in [-0.39, 0.29) is 23.9 Å². The summed E-state index contributed by atoms with van der Waals surface area (Å²) in [5.74, 6) is 1.50. The molecule has 9 nitrogen and oxygen atoms in total. The molecule has 0 spiro atoms. The minimum Gasteiger partial charge on any atom is -0.493 e. The van der Waals surface area contributed by atoms with Crippen LogP contribution in [0.25, 0.3) is 16.9 Å². The van der Waals surface area contributed by atoms with Gasteiger partial charge in [0.15, 0.2) is 11.5 Å². The van der Waals surface area contributed by atoms with Gasteiger partial charge < -0.3 is 24.1 Å². The van der Waals surface area contributed by atoms with Gasteiger partial charge in [0.1, 0.15) is 5.65 Å². The van der Waals surface area contributed by atoms with Gasteiger partial charge in [-0.3, -0.25) is 9.59 Å². The van der Waals surface area contributed by atoms with Gasteiger partial charge in [0.2, 0.25) is 11.7 Å². The molecule has 9 heteroatoms. The van der Waals surface area contributed by atoms with Crippen molar-refractivity contribution in [2.45, 2.75) is 57.9 Å². The lowest BCUT2D eigenvalue weighted by atomic mass is 9.95. The molecule has 4 rings (SSSR count). The number of aryl methyl sites for hydroxylation is 1. The number of nitrogens with one attached hydrogen (secondary N) is 1. The predicted octanol–water partition coefficient (Wildman–Crippen LogP) is 3.42. The smallest absolute Gasteiger partial charge is 0.277 e. The standard InChI is InChI=1S/C26H34N4O5/c1-16-19(11-12-23(31)27-18-9-7-6-8-10-18)26(32)30-24(29(16)2)15-20(28-30)17-13-21(33-3)25(35-5)22(14-17)34-4/h13-15,18H,6-12H2,1-5H3,(H,27,31). The number of methoxy groups -OCH3 is 3. The lowest BCUT2D eigenvalue weighted by Crippen LogP contribution is -2.36. The van der Waals surface area contributed by atoms with Crippen LogP contribution in [0, 0.1) is 6.92 Å². The van der Waals surface area contributed by atoms with Crippen LogP contribution in [0.15, 0.2) is 23.0 Å². The van der Waals surface area contributed by atoms with Crippen molar-refractivity contribution in [1.82, 2.24) is 19.5 Å². The molecule has 0 atom stereocenters. The van der Waals surface area contributed by atoms with Gasteiger partial charge in [0.25, 0.3) is 5.56 Å². The number of aromatic nitrogens is 3. The minimum absolute atomic E-state index is 0.00275. The highest BCUT2D eigenvalue weighted by atomic mass is 16.5. The average Bonchev–Trinajstić information content (AvgIpc) is 3.33. The minimum atomic E-state index is -0.209. The number of nitrogens with zero attached hydrogens (tertiary/aromatic N) is 3. The second-order valence-electron chi connectivity index (χ2n) is 9.04. The summed E-state index contributed by atoms with van der Waals surface area (Å²) in [4.78, 5) is 25.9. The van der Waals surface area contributed by atoms with Crippen LogP contribution in [-0.4, -0.2) is 47.5 Å². The molecule has 0 bridgehead atoms. The summed E-state index contributed by atoms with van der Waals surface area (Å²) in [6, 6.07) is 5.72. The normalized spacial score (nSPS) is 14.2. The molecule has 1 aliphatic carbocycles. The third-order valence-electron chi connectivity index (χ3n) is 6.96. The Balaban J connectivity index is 1.65. The van der Waals surface area contributed by atoms with Gasteiger partial charge in [-0.1, -0.05) is 19.3 Å². The Labute approximate surface area is 205 Å². The lowest BCUT2D eigenvalue weighted by Gasteiger charge is -2.22. The highest BCUT2D eigenvalue weighted by molar-refractivity contribution is 5.76. The Hall–Kier alpha value is -3.49. The van der Waals surface area contributed by atoms with E-state index >= 15 is 0 Å². The summed E-state index contributed by atoms with van der Waals surface area (Å²) >= 11 is 0. The zero-order valence-corrected chi connectivity index (χ0v) is 21.1. The molecule has 1 fully saturated rings. The van der Waals surface area contributed by atoms with E-state index in [0.717, 1.165) is 36.9 Å². The van der Waals surface area contributed by atoms with E-state index in [0.29, 0.717) is 40.6 Å². The topological polar surface area (TPSA) is 96.1 Å². The maximum atomic E-state index is 13.4. The van der Waals surface area contributed by atoms with E-state index in [1.54, 1.807) is 33.5 Å². The molecule has 0 saturated heterocycles. The van der Waals surface area contributed by atoms with Crippen LogP contribution in [0.3, 0.4) is 0 Å². The molecule has 2 aromatic heterocycles. The van der Waals surface area contributed by atoms with Gasteiger partial charge in [0.05, 0.1) is 27.0 Å². The van der Waals surface area contributed by atoms with Crippen LogP contribution < -0.4 is 25.1 Å². The number of hydrogen-bond acceptors (Lipinski definition) is 6. The van der Waals surface area contributed by atoms with E-state index in [4.69, 9.17) is 14.2 Å². The van der Waals surface area contributed by atoms with Crippen molar-refractivity contribution in [3.8, 4) is 28.5 Å². The number of benzene rings is 1. The van der Waals surface area contributed by atoms with Crippen LogP contribution in [0.5, 0.6) is 17.2 Å². The van der Waals surface area contributed by atoms with Crippen LogP contribution >= 0.6 is 0 Å². The largest absolute Gasteiger partial charge is 0.493 e. The summed E-state index contributed by atoms with van der Waals surface area (Å²) in [5.41, 5.74) is 3.20. The zero-order chi connectivity index (χ0) is 25.1. The zero-order valence-electron chi connectivity index (χ0n) is 21.1. The lowest BCUT2D eigenvalue weighted by molar-refractivity contribution is -0.121. The first-order chi connectivity index (χ1) is 16.9. The molecule has 3 aromatic rings. The number of carbonyl (C=O) groups is 1. The number of rotatable bonds is 8. The number of hydrogen-bond donors (Lipinski definition) is 1. The van der Waals surface area contributed by atoms with E-state index in [1.165, 1.54) is 10.9 Å². The molecule has 1 aliphatic rings. The fourth-order valence-electron chi connectivity index (χ4n) is 4.86. The third-order valence-corrected chi connectivity index (χ3v) is 6.96. The van der Waals surface area contributed by atoms with Gasteiger partial charge in [-0.15, -0.1) is 0 Å². The Morgan fingerprint density at radius 3 is 2.31 bits per heavy atom. The Kier molecular flexibility index (Phi) is 7.33. The molecule has 0 aliphatic heterocycles. The maximum Gasteiger partial charge on any atom is 0.277 e. The molecule has 1 saturated carbocycles. The third kappa shape index (κ3) is 4.85. The number of fused-ring (bicyclic) bond motifs is 1. The molecule has 0 unspecified atom stereocenters. The molecule has 1 N–H and O–H groups in total. The van der Waals surface area contributed by atoms with Crippen LogP contribution in [0.4, 0.5) is 0 Å². The second kappa shape index (κ2) is 10.4. The van der Waals surface area contributed by atoms with Gasteiger partial charge in [-0.05, 0) is 38.3 Å². The highest BCUT2D eigenvalue weighted by Crippen LogP contribution is 2.41. The average molecular weight is 483 g/mol. The van der Waals surface area contributed by atoms with Crippen molar-refractivity contribution in [3.63, 3.8) is 0 Å². The molecule has 1 aromatic carbocycles. The molecular weight excluding hydrogens is 448 g/mol. The molecule has 1 amide bonds. The monoisotopic (exact) mass is 482 g/mol. The van der Waals surface area contributed by atoms with Crippen molar-refractivity contribution in [1.29, 1.82) is 0 Å². The summed E-state index contributed by atoms with van der Waals surface area (Å²) in [5, 5.41) is 7.74. The molecule has 188 valence electrons. The molecular formula is C26H34N4O5. The van der Waals surface area contributed by atoms with Crippen molar-refractivity contribution in [2.75, 3.05) is 21.3 Å². The number of ether oxygens (including phenoxy) is 3. The highest BCUT2D eigenvalue weighted by Gasteiger charge is 2.20. The fourth-order valence-corrected chi connectivity index (χ4v) is 4.86. The van der Waals surface area contributed by atoms with Gasteiger partial charge in [-0.2, -0.15) is 9.61 Å². The quantitative estimate of drug-likeness (QED) is 0.529. The molecule has 0 radical (unpaired) electrons. The first kappa shape index (κ1) is 24.6. The van der Waals surface area contributed by atoms with E-state index in [2.05, 4.69) is 10.4 Å². The van der Waals surface area contributed by atoms with Crippen molar-refractivity contribution in [2.24, 2.45) is 7.05 Å². The SMILES string of the molecule is COc1cc(-c2cc3n(C)c(C)c(CCC(=O)NC4CCCCC4)c(=O)n3n2)cc(OC)c1OC. The Bertz CT molecular complexity index is 1260. The van der Waals surface area contributed by atoms with Crippen molar-refractivity contribution < 1.29 is 19.0 Å². The first-order valence-electron chi connectivity index (χ1n) is 12.1. The van der Waals surface area contributed by atoms with E-state index < -0.39 is 0 Å². The van der Waals surface area contributed by atoms with Crippen LogP contribution in [-0.2, 0) is 18.3 Å². The van der Waals surface area contributed by atoms with E-state index in [9.17, 15) is 9.59 Å². The second-order valence-corrected chi connectivity index (χ2v) is 9.04. The molecule has 35 heavy (non-hydrogen) atoms. The predicted molar refractivity (Wildman–Crippen MR) is 134 cm³/mol. The van der Waals surface area contributed by atoms with E-state index in [1.807, 2.05) is 24.6 Å². The Morgan fingerprint density at radius 2 is 1.71 bits per heavy atom. The van der Waals surface area contributed by atoms with Gasteiger partial charge in [-0.25, -0.2) is 0 Å². The number of amides is 1.